The van der Waals surface area contributed by atoms with Gasteiger partial charge < -0.3 is 20.3 Å². The molecule has 1 atom stereocenters. The minimum Gasteiger partial charge on any atom is -0.391 e. The fraction of sp³-hybridized carbons (Fsp3) is 0.556. The highest BCUT2D eigenvalue weighted by Crippen LogP contribution is 2.39. The Bertz CT molecular complexity index is 759. The van der Waals surface area contributed by atoms with E-state index in [1.54, 1.807) is 11.2 Å². The Labute approximate surface area is 151 Å². The van der Waals surface area contributed by atoms with Crippen molar-refractivity contribution in [3.63, 3.8) is 0 Å². The van der Waals surface area contributed by atoms with Crippen LogP contribution in [0.15, 0.2) is 28.1 Å². The van der Waals surface area contributed by atoms with Gasteiger partial charge in [-0.3, -0.25) is 4.79 Å². The summed E-state index contributed by atoms with van der Waals surface area (Å²) >= 11 is 0. The number of nitrogens with one attached hydrogen (secondary N) is 3. The lowest BCUT2D eigenvalue weighted by atomic mass is 9.79. The second-order valence-corrected chi connectivity index (χ2v) is 7.29. The summed E-state index contributed by atoms with van der Waals surface area (Å²) in [6.45, 7) is 1.13. The smallest absolute Gasteiger partial charge is 0.225 e. The molecule has 3 heterocycles. The van der Waals surface area contributed by atoms with Crippen molar-refractivity contribution in [2.75, 3.05) is 13.1 Å². The summed E-state index contributed by atoms with van der Waals surface area (Å²) in [6.07, 6.45) is 7.04. The zero-order chi connectivity index (χ0) is 18.1. The van der Waals surface area contributed by atoms with Crippen LogP contribution in [0.25, 0.3) is 5.70 Å². The molecule has 0 bridgehead atoms. The molecule has 1 saturated heterocycles. The molecular weight excluding hydrogens is 332 g/mol. The largest absolute Gasteiger partial charge is 0.391 e. The van der Waals surface area contributed by atoms with E-state index in [0.717, 1.165) is 48.5 Å². The minimum absolute atomic E-state index is 0.0252. The molecule has 1 amide bonds. The minimum atomic E-state index is -0.372. The average Bonchev–Trinajstić information content (AvgIpc) is 3.31. The van der Waals surface area contributed by atoms with Gasteiger partial charge in [-0.05, 0) is 38.2 Å². The highest BCUT2D eigenvalue weighted by Gasteiger charge is 2.34. The molecule has 3 aliphatic rings. The van der Waals surface area contributed by atoms with Gasteiger partial charge in [0.1, 0.15) is 5.82 Å². The van der Waals surface area contributed by atoms with Gasteiger partial charge in [0.05, 0.1) is 23.8 Å². The van der Waals surface area contributed by atoms with Crippen molar-refractivity contribution < 1.29 is 9.90 Å². The summed E-state index contributed by atoms with van der Waals surface area (Å²) in [6, 6.07) is 1.94. The zero-order valence-corrected chi connectivity index (χ0v) is 14.6. The quantitative estimate of drug-likeness (QED) is 0.623. The molecular formula is C18H24N6O2. The van der Waals surface area contributed by atoms with Gasteiger partial charge in [0.25, 0.3) is 0 Å². The van der Waals surface area contributed by atoms with Crippen LogP contribution in [0.4, 0.5) is 5.82 Å². The Kier molecular flexibility index (Phi) is 4.58. The number of aliphatic hydroxyl groups excluding tert-OH is 1. The summed E-state index contributed by atoms with van der Waals surface area (Å²) in [4.78, 5) is 21.8. The first-order valence-corrected chi connectivity index (χ1v) is 9.22. The molecule has 0 spiro atoms. The first-order valence-electron chi connectivity index (χ1n) is 9.22. The molecule has 4 N–H and O–H groups in total. The van der Waals surface area contributed by atoms with Crippen molar-refractivity contribution in [3.8, 4) is 0 Å². The fourth-order valence-electron chi connectivity index (χ4n) is 4.29. The van der Waals surface area contributed by atoms with Gasteiger partial charge in [-0.2, -0.15) is 5.11 Å². The van der Waals surface area contributed by atoms with Gasteiger partial charge in [-0.25, -0.2) is 10.5 Å². The third-order valence-corrected chi connectivity index (χ3v) is 5.71. The van der Waals surface area contributed by atoms with E-state index in [-0.39, 0.29) is 23.8 Å². The van der Waals surface area contributed by atoms with Crippen molar-refractivity contribution in [1.29, 1.82) is 5.53 Å². The van der Waals surface area contributed by atoms with E-state index in [2.05, 4.69) is 20.4 Å². The SMILES string of the molecule is N=N/C(=C1\NC=Nc2[nH]ccc21)[C@H]1CC[C@H](C(=O)N2CC[C@H](O)C2)CC1. The average molecular weight is 356 g/mol. The molecule has 2 fully saturated rings. The molecule has 0 unspecified atom stereocenters. The molecule has 26 heavy (non-hydrogen) atoms. The molecule has 4 rings (SSSR count). The van der Waals surface area contributed by atoms with Crippen LogP contribution in [0.5, 0.6) is 0 Å². The topological polar surface area (TPSA) is 117 Å². The molecule has 1 saturated carbocycles. The third kappa shape index (κ3) is 3.05. The van der Waals surface area contributed by atoms with E-state index in [1.165, 1.54) is 0 Å². The molecule has 138 valence electrons. The number of aromatic amines is 1. The molecule has 0 aromatic carbocycles. The summed E-state index contributed by atoms with van der Waals surface area (Å²) in [5.74, 6) is 1.14. The van der Waals surface area contributed by atoms with Gasteiger partial charge in [-0.15, -0.1) is 0 Å². The Morgan fingerprint density at radius 3 is 2.73 bits per heavy atom. The number of likely N-dealkylation sites (tertiary alicyclic amines) is 1. The van der Waals surface area contributed by atoms with Gasteiger partial charge in [0, 0.05) is 36.7 Å². The van der Waals surface area contributed by atoms with Crippen LogP contribution in [0.3, 0.4) is 0 Å². The summed E-state index contributed by atoms with van der Waals surface area (Å²) in [5.41, 5.74) is 10.2. The van der Waals surface area contributed by atoms with Crippen LogP contribution in [0.2, 0.25) is 0 Å². The monoisotopic (exact) mass is 356 g/mol. The normalized spacial score (nSPS) is 29.9. The highest BCUT2D eigenvalue weighted by atomic mass is 16.3. The maximum absolute atomic E-state index is 12.6. The van der Waals surface area contributed by atoms with E-state index in [9.17, 15) is 9.90 Å². The van der Waals surface area contributed by atoms with Crippen LogP contribution in [-0.4, -0.2) is 46.4 Å². The highest BCUT2D eigenvalue weighted by molar-refractivity contribution is 5.87. The molecule has 1 aromatic rings. The van der Waals surface area contributed by atoms with Crippen molar-refractivity contribution in [1.82, 2.24) is 15.2 Å². The first kappa shape index (κ1) is 17.0. The number of carbonyl (C=O) groups is 1. The number of aliphatic hydroxyl groups is 1. The number of aliphatic imine (C=N–C) groups is 1. The van der Waals surface area contributed by atoms with Crippen LogP contribution in [-0.2, 0) is 4.79 Å². The van der Waals surface area contributed by atoms with E-state index in [1.807, 2.05) is 12.3 Å². The Hall–Kier alpha value is -2.48. The predicted molar refractivity (Wildman–Crippen MR) is 96.8 cm³/mol. The molecule has 1 aromatic heterocycles. The number of hydrogen-bond acceptors (Lipinski definition) is 6. The number of amides is 1. The standard InChI is InChI=1S/C18H24N6O2/c19-23-15(16-14-5-7-20-17(14)22-10-21-16)11-1-3-12(4-2-11)18(26)24-8-6-13(25)9-24/h5,7,10-13,19-20,25H,1-4,6,8-9H2,(H,21,22)/b16-15-,23-19?/t11-,12-,13-/m0/s1. The summed E-state index contributed by atoms with van der Waals surface area (Å²) < 4.78 is 0. The second-order valence-electron chi connectivity index (χ2n) is 7.29. The Morgan fingerprint density at radius 1 is 1.27 bits per heavy atom. The maximum Gasteiger partial charge on any atom is 0.225 e. The van der Waals surface area contributed by atoms with Gasteiger partial charge in [-0.1, -0.05) is 0 Å². The first-order chi connectivity index (χ1) is 12.7. The lowest BCUT2D eigenvalue weighted by molar-refractivity contribution is -0.136. The number of allylic oxidation sites excluding steroid dienone is 1. The van der Waals surface area contributed by atoms with E-state index in [4.69, 9.17) is 5.53 Å². The number of aromatic nitrogens is 1. The zero-order valence-electron chi connectivity index (χ0n) is 14.6. The van der Waals surface area contributed by atoms with Gasteiger partial charge in [0.2, 0.25) is 5.91 Å². The number of hydrogen-bond donors (Lipinski definition) is 4. The molecule has 2 aliphatic heterocycles. The number of β-amino-alcohol motifs (C(OH)–C–C–N with tert-alkyl or cyclic N) is 1. The van der Waals surface area contributed by atoms with Crippen molar-refractivity contribution in [2.24, 2.45) is 21.9 Å². The molecule has 8 heteroatoms. The van der Waals surface area contributed by atoms with Crippen molar-refractivity contribution in [3.05, 3.63) is 23.5 Å². The van der Waals surface area contributed by atoms with Crippen molar-refractivity contribution >= 4 is 23.8 Å². The predicted octanol–water partition coefficient (Wildman–Crippen LogP) is 2.38. The molecule has 0 radical (unpaired) electrons. The lowest BCUT2D eigenvalue weighted by Gasteiger charge is -2.31. The van der Waals surface area contributed by atoms with Crippen LogP contribution < -0.4 is 5.32 Å². The number of H-pyrrole nitrogens is 1. The number of rotatable bonds is 3. The summed E-state index contributed by atoms with van der Waals surface area (Å²) in [5, 5.41) is 16.6. The summed E-state index contributed by atoms with van der Waals surface area (Å²) in [7, 11) is 0. The molecule has 1 aliphatic carbocycles. The van der Waals surface area contributed by atoms with Crippen LogP contribution in [0.1, 0.15) is 37.7 Å². The van der Waals surface area contributed by atoms with Crippen LogP contribution >= 0.6 is 0 Å². The van der Waals surface area contributed by atoms with E-state index in [0.29, 0.717) is 19.5 Å². The van der Waals surface area contributed by atoms with Crippen molar-refractivity contribution in [2.45, 2.75) is 38.2 Å². The fourth-order valence-corrected chi connectivity index (χ4v) is 4.29. The Morgan fingerprint density at radius 2 is 2.04 bits per heavy atom. The van der Waals surface area contributed by atoms with E-state index < -0.39 is 0 Å². The lowest BCUT2D eigenvalue weighted by Crippen LogP contribution is -2.37. The number of carbonyl (C=O) groups excluding carboxylic acids is 1. The van der Waals surface area contributed by atoms with Gasteiger partial charge in [0.15, 0.2) is 0 Å². The van der Waals surface area contributed by atoms with Crippen LogP contribution in [0, 0.1) is 17.4 Å². The number of fused-ring (bicyclic) bond motifs is 1. The second kappa shape index (κ2) is 7.03. The van der Waals surface area contributed by atoms with E-state index >= 15 is 0 Å². The number of nitrogens with zero attached hydrogens (tertiary/aromatic N) is 3. The molecule has 8 nitrogen and oxygen atoms in total. The maximum atomic E-state index is 12.6. The third-order valence-electron chi connectivity index (χ3n) is 5.71. The van der Waals surface area contributed by atoms with Gasteiger partial charge >= 0.3 is 0 Å². The Balaban J connectivity index is 1.46.